The number of fused-ring (bicyclic) bond motifs is 1. The van der Waals surface area contributed by atoms with E-state index in [-0.39, 0.29) is 5.43 Å². The lowest BCUT2D eigenvalue weighted by Gasteiger charge is -1.88. The van der Waals surface area contributed by atoms with E-state index in [2.05, 4.69) is 0 Å². The normalized spacial score (nSPS) is 10.5. The molecule has 0 unspecified atom stereocenters. The topological polar surface area (TPSA) is 22.0 Å². The van der Waals surface area contributed by atoms with Crippen molar-refractivity contribution in [2.24, 2.45) is 7.05 Å². The van der Waals surface area contributed by atoms with E-state index >= 15 is 0 Å². The van der Waals surface area contributed by atoms with Crippen LogP contribution >= 0.6 is 23.6 Å². The molecule has 0 atom stereocenters. The highest BCUT2D eigenvalue weighted by Crippen LogP contribution is 2.16. The minimum atomic E-state index is 0.0386. The summed E-state index contributed by atoms with van der Waals surface area (Å²) in [5, 5.41) is 0. The summed E-state index contributed by atoms with van der Waals surface area (Å²) in [6, 6.07) is 7.07. The summed E-state index contributed by atoms with van der Waals surface area (Å²) in [4.78, 5) is 11.5. The summed E-state index contributed by atoms with van der Waals surface area (Å²) >= 11 is 6.45. The number of hydrogen-bond acceptors (Lipinski definition) is 3. The second-order valence-corrected chi connectivity index (χ2v) is 4.37. The molecule has 0 bridgehead atoms. The fourth-order valence-electron chi connectivity index (χ4n) is 1.19. The third kappa shape index (κ3) is 1.32. The third-order valence-corrected chi connectivity index (χ3v) is 3.48. The summed E-state index contributed by atoms with van der Waals surface area (Å²) in [7, 11) is 1.88. The van der Waals surface area contributed by atoms with E-state index in [0.29, 0.717) is 0 Å². The molecule has 0 fully saturated rings. The molecule has 1 aromatic carbocycles. The minimum absolute atomic E-state index is 0.0386. The van der Waals surface area contributed by atoms with Crippen LogP contribution in [0.4, 0.5) is 0 Å². The van der Waals surface area contributed by atoms with Crippen LogP contribution in [-0.4, -0.2) is 4.57 Å². The van der Waals surface area contributed by atoms with Crippen LogP contribution < -0.4 is 5.43 Å². The van der Waals surface area contributed by atoms with Crippen molar-refractivity contribution >= 4 is 33.8 Å². The van der Waals surface area contributed by atoms with Gasteiger partial charge in [0.15, 0.2) is 9.38 Å². The van der Waals surface area contributed by atoms with Crippen molar-refractivity contribution in [2.45, 2.75) is 0 Å². The van der Waals surface area contributed by atoms with Gasteiger partial charge in [0.1, 0.15) is 4.70 Å². The Hall–Kier alpha value is -1.00. The van der Waals surface area contributed by atoms with Crippen molar-refractivity contribution in [3.63, 3.8) is 0 Å². The minimum Gasteiger partial charge on any atom is -0.326 e. The molecule has 0 aliphatic carbocycles. The number of thiazole rings is 1. The Kier molecular flexibility index (Phi) is 2.01. The smallest absolute Gasteiger partial charge is 0.197 e. The summed E-state index contributed by atoms with van der Waals surface area (Å²) < 4.78 is 3.33. The fourth-order valence-corrected chi connectivity index (χ4v) is 2.42. The van der Waals surface area contributed by atoms with Gasteiger partial charge in [-0.25, -0.2) is 0 Å². The zero-order valence-electron chi connectivity index (χ0n) is 6.98. The van der Waals surface area contributed by atoms with Crippen molar-refractivity contribution in [1.29, 1.82) is 0 Å². The zero-order valence-corrected chi connectivity index (χ0v) is 8.61. The van der Waals surface area contributed by atoms with Crippen LogP contribution in [0.3, 0.4) is 0 Å². The first kappa shape index (κ1) is 8.59. The number of nitrogens with zero attached hydrogens (tertiary/aromatic N) is 1. The maximum Gasteiger partial charge on any atom is 0.197 e. The van der Waals surface area contributed by atoms with Gasteiger partial charge in [0, 0.05) is 7.05 Å². The van der Waals surface area contributed by atoms with Gasteiger partial charge in [-0.15, -0.1) is 11.3 Å². The lowest BCUT2D eigenvalue weighted by atomic mass is 10.4. The fraction of sp³-hybridized carbons (Fsp3) is 0.111. The Bertz CT molecular complexity index is 568. The van der Waals surface area contributed by atoms with Gasteiger partial charge >= 0.3 is 0 Å². The van der Waals surface area contributed by atoms with Crippen LogP contribution in [0, 0.1) is 3.95 Å². The maximum atomic E-state index is 11.5. The molecule has 0 saturated carbocycles. The first-order chi connectivity index (χ1) is 6.20. The van der Waals surface area contributed by atoms with Gasteiger partial charge in [0.2, 0.25) is 0 Å². The Balaban J connectivity index is 3.17. The highest BCUT2D eigenvalue weighted by molar-refractivity contribution is 7.73. The van der Waals surface area contributed by atoms with Crippen molar-refractivity contribution in [2.75, 3.05) is 0 Å². The molecule has 13 heavy (non-hydrogen) atoms. The highest BCUT2D eigenvalue weighted by Gasteiger charge is 2.01. The average molecular weight is 209 g/mol. The quantitative estimate of drug-likeness (QED) is 0.621. The second-order valence-electron chi connectivity index (χ2n) is 2.72. The SMILES string of the molecule is Cn1c(=S)sc2c(=O)ccccc21. The Morgan fingerprint density at radius 1 is 1.38 bits per heavy atom. The molecular formula is C9H7NOS2. The van der Waals surface area contributed by atoms with Crippen LogP contribution in [-0.2, 0) is 7.05 Å². The van der Waals surface area contributed by atoms with E-state index in [0.717, 1.165) is 14.2 Å². The molecule has 0 aliphatic rings. The van der Waals surface area contributed by atoms with Crippen LogP contribution in [0.2, 0.25) is 0 Å². The Labute approximate surface area is 84.1 Å². The molecule has 0 aliphatic heterocycles. The van der Waals surface area contributed by atoms with E-state index in [1.54, 1.807) is 12.1 Å². The molecule has 2 rings (SSSR count). The van der Waals surface area contributed by atoms with Crippen LogP contribution in [0.1, 0.15) is 0 Å². The van der Waals surface area contributed by atoms with Gasteiger partial charge in [0.05, 0.1) is 5.52 Å². The Morgan fingerprint density at radius 2 is 2.08 bits per heavy atom. The van der Waals surface area contributed by atoms with Gasteiger partial charge in [-0.3, -0.25) is 4.79 Å². The van der Waals surface area contributed by atoms with Crippen LogP contribution in [0.25, 0.3) is 10.2 Å². The van der Waals surface area contributed by atoms with E-state index in [1.807, 2.05) is 23.7 Å². The number of aromatic nitrogens is 1. The second kappa shape index (κ2) is 3.05. The summed E-state index contributed by atoms with van der Waals surface area (Å²) in [6.07, 6.45) is 0. The van der Waals surface area contributed by atoms with Crippen LogP contribution in [0.15, 0.2) is 29.1 Å². The predicted molar refractivity (Wildman–Crippen MR) is 57.9 cm³/mol. The predicted octanol–water partition coefficient (Wildman–Crippen LogP) is 2.33. The molecule has 0 N–H and O–H groups in total. The Morgan fingerprint density at radius 3 is 2.85 bits per heavy atom. The van der Waals surface area contributed by atoms with E-state index < -0.39 is 0 Å². The van der Waals surface area contributed by atoms with Crippen molar-refractivity contribution in [3.8, 4) is 0 Å². The standard InChI is InChI=1S/C9H7NOS2/c1-10-6-4-2-3-5-7(11)8(6)13-9(10)12/h2-5H,1H3. The third-order valence-electron chi connectivity index (χ3n) is 1.89. The molecule has 0 saturated heterocycles. The molecule has 66 valence electrons. The summed E-state index contributed by atoms with van der Waals surface area (Å²) in [6.45, 7) is 0. The lowest BCUT2D eigenvalue weighted by molar-refractivity contribution is 0.964. The molecule has 0 radical (unpaired) electrons. The molecule has 4 heteroatoms. The zero-order chi connectivity index (χ0) is 9.42. The van der Waals surface area contributed by atoms with Gasteiger partial charge in [0.25, 0.3) is 0 Å². The van der Waals surface area contributed by atoms with Gasteiger partial charge in [-0.05, 0) is 24.4 Å². The monoisotopic (exact) mass is 209 g/mol. The van der Waals surface area contributed by atoms with Gasteiger partial charge < -0.3 is 4.57 Å². The van der Waals surface area contributed by atoms with E-state index in [1.165, 1.54) is 11.3 Å². The first-order valence-electron chi connectivity index (χ1n) is 3.79. The summed E-state index contributed by atoms with van der Waals surface area (Å²) in [5.41, 5.74) is 0.946. The van der Waals surface area contributed by atoms with Gasteiger partial charge in [-0.2, -0.15) is 0 Å². The summed E-state index contributed by atoms with van der Waals surface area (Å²) in [5.74, 6) is 0. The van der Waals surface area contributed by atoms with Crippen molar-refractivity contribution in [1.82, 2.24) is 4.57 Å². The average Bonchev–Trinajstić information content (AvgIpc) is 2.30. The molecule has 1 heterocycles. The molecular weight excluding hydrogens is 202 g/mol. The van der Waals surface area contributed by atoms with E-state index in [4.69, 9.17) is 12.2 Å². The molecule has 0 amide bonds. The largest absolute Gasteiger partial charge is 0.326 e. The van der Waals surface area contributed by atoms with Gasteiger partial charge in [-0.1, -0.05) is 12.1 Å². The van der Waals surface area contributed by atoms with Crippen molar-refractivity contribution < 1.29 is 0 Å². The highest BCUT2D eigenvalue weighted by atomic mass is 32.1. The van der Waals surface area contributed by atoms with Crippen LogP contribution in [0.5, 0.6) is 0 Å². The molecule has 2 nitrogen and oxygen atoms in total. The lowest BCUT2D eigenvalue weighted by Crippen LogP contribution is -1.92. The number of aryl methyl sites for hydroxylation is 1. The molecule has 0 spiro atoms. The number of hydrogen-bond donors (Lipinski definition) is 0. The maximum absolute atomic E-state index is 11.5. The van der Waals surface area contributed by atoms with E-state index in [9.17, 15) is 4.79 Å². The first-order valence-corrected chi connectivity index (χ1v) is 5.01. The molecule has 2 aromatic rings. The van der Waals surface area contributed by atoms with Crippen molar-refractivity contribution in [3.05, 3.63) is 38.4 Å². The number of rotatable bonds is 0. The molecule has 1 aromatic heterocycles.